The Morgan fingerprint density at radius 1 is 1.35 bits per heavy atom. The number of allylic oxidation sites excluding steroid dienone is 1. The molecule has 9 nitrogen and oxygen atoms in total. The highest BCUT2D eigenvalue weighted by molar-refractivity contribution is 7.80. The molecule has 0 aromatic rings. The summed E-state index contributed by atoms with van der Waals surface area (Å²) in [4.78, 5) is 39.1. The molecule has 2 saturated heterocycles. The summed E-state index contributed by atoms with van der Waals surface area (Å²) in [5, 5.41) is 0.222. The van der Waals surface area contributed by atoms with E-state index in [0.717, 1.165) is 0 Å². The van der Waals surface area contributed by atoms with Crippen LogP contribution in [-0.4, -0.2) is 89.4 Å². The number of thiocarbonyl (C=S) groups is 1. The van der Waals surface area contributed by atoms with Crippen molar-refractivity contribution in [2.24, 2.45) is 0 Å². The fourth-order valence-corrected chi connectivity index (χ4v) is 3.15. The van der Waals surface area contributed by atoms with Crippen LogP contribution in [0.2, 0.25) is 0 Å². The third-order valence-corrected chi connectivity index (χ3v) is 4.46. The lowest BCUT2D eigenvalue weighted by atomic mass is 9.79. The maximum absolute atomic E-state index is 12.9. The van der Waals surface area contributed by atoms with E-state index in [1.165, 1.54) is 4.90 Å². The SMILES string of the molecule is CC(C)OCCN1C(=S)N2COC(=O)[B]C(=O)OC[N+]3=CC=C1C3C2=O. The Bertz CT molecular complexity index is 722. The van der Waals surface area contributed by atoms with Crippen LogP contribution in [0.15, 0.2) is 11.8 Å². The molecule has 0 spiro atoms. The van der Waals surface area contributed by atoms with E-state index in [9.17, 15) is 14.4 Å². The summed E-state index contributed by atoms with van der Waals surface area (Å²) < 4.78 is 17.1. The van der Waals surface area contributed by atoms with Crippen molar-refractivity contribution in [1.29, 1.82) is 0 Å². The Labute approximate surface area is 156 Å². The highest BCUT2D eigenvalue weighted by Crippen LogP contribution is 2.26. The number of hydrogen-bond acceptors (Lipinski definition) is 7. The molecule has 1 radical (unpaired) electrons. The van der Waals surface area contributed by atoms with Gasteiger partial charge in [-0.15, -0.1) is 0 Å². The lowest BCUT2D eigenvalue weighted by molar-refractivity contribution is -0.570. The molecule has 0 aromatic heterocycles. The van der Waals surface area contributed by atoms with E-state index in [1.54, 1.807) is 21.8 Å². The van der Waals surface area contributed by atoms with Crippen molar-refractivity contribution in [3.63, 3.8) is 0 Å². The largest absolute Gasteiger partial charge is 0.452 e. The summed E-state index contributed by atoms with van der Waals surface area (Å²) in [6, 6.07) is -0.703. The Balaban J connectivity index is 1.87. The minimum Gasteiger partial charge on any atom is -0.452 e. The first-order chi connectivity index (χ1) is 12.4. The van der Waals surface area contributed by atoms with Gasteiger partial charge < -0.3 is 19.1 Å². The number of carbonyl (C=O) groups is 3. The van der Waals surface area contributed by atoms with Gasteiger partial charge in [0.1, 0.15) is 5.70 Å². The van der Waals surface area contributed by atoms with Crippen LogP contribution < -0.4 is 0 Å². The van der Waals surface area contributed by atoms with Gasteiger partial charge in [-0.25, -0.2) is 4.90 Å². The van der Waals surface area contributed by atoms with Crippen molar-refractivity contribution in [2.45, 2.75) is 26.0 Å². The first kappa shape index (κ1) is 18.5. The molecule has 0 aromatic carbocycles. The molecule has 3 aliphatic rings. The highest BCUT2D eigenvalue weighted by atomic mass is 32.1. The van der Waals surface area contributed by atoms with Crippen LogP contribution in [0.3, 0.4) is 0 Å². The molecule has 2 fully saturated rings. The van der Waals surface area contributed by atoms with E-state index >= 15 is 0 Å². The van der Waals surface area contributed by atoms with Crippen molar-refractivity contribution < 1.29 is 33.2 Å². The van der Waals surface area contributed by atoms with Crippen LogP contribution in [0.25, 0.3) is 0 Å². The van der Waals surface area contributed by atoms with Crippen LogP contribution in [0.4, 0.5) is 9.59 Å². The molecule has 1 atom stereocenters. The van der Waals surface area contributed by atoms with E-state index < -0.39 is 17.8 Å². The molecule has 0 aliphatic carbocycles. The molecule has 0 N–H and O–H groups in total. The zero-order chi connectivity index (χ0) is 18.8. The fraction of sp³-hybridized carbons (Fsp3) is 0.533. The van der Waals surface area contributed by atoms with E-state index in [2.05, 4.69) is 0 Å². The van der Waals surface area contributed by atoms with Gasteiger partial charge in [0.15, 0.2) is 18.1 Å². The molecule has 1 unspecified atom stereocenters. The maximum atomic E-state index is 12.9. The van der Waals surface area contributed by atoms with E-state index in [0.29, 0.717) is 26.1 Å². The number of hydrogen-bond donors (Lipinski definition) is 0. The number of ether oxygens (including phenoxy) is 3. The standard InChI is InChI=1S/C15H18BN3O6S/c1-9(2)23-6-5-18-10-3-4-17-7-24-13(21)16-14(22)25-8-19(15(18)26)12(20)11(10)17/h3-4,9,11H,5-8H2,1-2H3/q+1. The molecule has 0 saturated carbocycles. The molecule has 3 rings (SSSR count). The van der Waals surface area contributed by atoms with Crippen LogP contribution in [-0.2, 0) is 19.0 Å². The Morgan fingerprint density at radius 3 is 2.81 bits per heavy atom. The smallest absolute Gasteiger partial charge is 0.405 e. The monoisotopic (exact) mass is 379 g/mol. The van der Waals surface area contributed by atoms with Crippen LogP contribution in [0, 0.1) is 0 Å². The van der Waals surface area contributed by atoms with Gasteiger partial charge >= 0.3 is 13.2 Å². The molecule has 3 aliphatic heterocycles. The molecule has 137 valence electrons. The second kappa shape index (κ2) is 7.54. The van der Waals surface area contributed by atoms with Crippen molar-refractivity contribution >= 4 is 48.5 Å². The topological polar surface area (TPSA) is 88.4 Å². The second-order valence-corrected chi connectivity index (χ2v) is 6.47. The van der Waals surface area contributed by atoms with Crippen molar-refractivity contribution in [2.75, 3.05) is 26.6 Å². The van der Waals surface area contributed by atoms with Crippen molar-refractivity contribution in [3.8, 4) is 0 Å². The number of fused-ring (bicyclic) bond motifs is 1. The number of amides is 1. The van der Waals surface area contributed by atoms with Crippen LogP contribution in [0.5, 0.6) is 0 Å². The zero-order valence-corrected chi connectivity index (χ0v) is 15.2. The first-order valence-corrected chi connectivity index (χ1v) is 8.53. The molecule has 26 heavy (non-hydrogen) atoms. The summed E-state index contributed by atoms with van der Waals surface area (Å²) in [5.74, 6) is -2.07. The van der Waals surface area contributed by atoms with Gasteiger partial charge in [0, 0.05) is 12.6 Å². The average Bonchev–Trinajstić information content (AvgIpc) is 2.98. The van der Waals surface area contributed by atoms with Crippen molar-refractivity contribution in [3.05, 3.63) is 11.8 Å². The minimum absolute atomic E-state index is 0.0625. The highest BCUT2D eigenvalue weighted by Gasteiger charge is 2.50. The lowest BCUT2D eigenvalue weighted by Crippen LogP contribution is -2.60. The van der Waals surface area contributed by atoms with Gasteiger partial charge in [0.25, 0.3) is 24.5 Å². The summed E-state index contributed by atoms with van der Waals surface area (Å²) >= 11 is 5.43. The van der Waals surface area contributed by atoms with Gasteiger partial charge in [-0.1, -0.05) is 0 Å². The predicted molar refractivity (Wildman–Crippen MR) is 93.9 cm³/mol. The zero-order valence-electron chi connectivity index (χ0n) is 14.4. The normalized spacial score (nSPS) is 23.1. The minimum atomic E-state index is -0.896. The summed E-state index contributed by atoms with van der Waals surface area (Å²) in [5.41, 5.74) is 0.675. The third-order valence-electron chi connectivity index (χ3n) is 4.02. The summed E-state index contributed by atoms with van der Waals surface area (Å²) in [7, 11) is 0.697. The molecular formula is C15H18BN3O6S+. The van der Waals surface area contributed by atoms with E-state index in [4.69, 9.17) is 26.4 Å². The number of rotatable bonds is 4. The number of cyclic esters (lactones) is 2. The lowest BCUT2D eigenvalue weighted by Gasteiger charge is -2.38. The predicted octanol–water partition coefficient (Wildman–Crippen LogP) is 0.0959. The molecule has 11 heteroatoms. The Morgan fingerprint density at radius 2 is 2.08 bits per heavy atom. The maximum Gasteiger partial charge on any atom is 0.405 e. The second-order valence-electron chi connectivity index (χ2n) is 6.11. The van der Waals surface area contributed by atoms with Crippen LogP contribution in [0.1, 0.15) is 13.8 Å². The van der Waals surface area contributed by atoms with Crippen LogP contribution >= 0.6 is 12.2 Å². The molecule has 1 amide bonds. The van der Waals surface area contributed by atoms with Crippen molar-refractivity contribution in [1.82, 2.24) is 9.80 Å². The Kier molecular flexibility index (Phi) is 5.37. The van der Waals surface area contributed by atoms with E-state index in [1.807, 2.05) is 13.8 Å². The number of nitrogens with zero attached hydrogens (tertiary/aromatic N) is 3. The van der Waals surface area contributed by atoms with Gasteiger partial charge in [-0.3, -0.25) is 14.4 Å². The molecular weight excluding hydrogens is 361 g/mol. The third kappa shape index (κ3) is 3.63. The van der Waals surface area contributed by atoms with E-state index in [-0.39, 0.29) is 30.6 Å². The van der Waals surface area contributed by atoms with Gasteiger partial charge in [0.05, 0.1) is 12.7 Å². The van der Waals surface area contributed by atoms with Gasteiger partial charge in [-0.05, 0) is 26.1 Å². The molecule has 3 heterocycles. The molecule has 2 bridgehead atoms. The van der Waals surface area contributed by atoms with Gasteiger partial charge in [0.2, 0.25) is 0 Å². The first-order valence-electron chi connectivity index (χ1n) is 8.12. The summed E-state index contributed by atoms with van der Waals surface area (Å²) in [6.07, 6.45) is 3.48. The quantitative estimate of drug-likeness (QED) is 0.386. The fourth-order valence-electron chi connectivity index (χ4n) is 2.81. The number of carbonyl (C=O) groups excluding carboxylic acids is 3. The average molecular weight is 379 g/mol. The van der Waals surface area contributed by atoms with Gasteiger partial charge in [-0.2, -0.15) is 4.58 Å². The Hall–Kier alpha value is -2.27. The summed E-state index contributed by atoms with van der Waals surface area (Å²) in [6.45, 7) is 4.15.